The van der Waals surface area contributed by atoms with Crippen molar-refractivity contribution >= 4 is 5.97 Å². The average Bonchev–Trinajstić information content (AvgIpc) is 3.37. The minimum Gasteiger partial charge on any atom is -0.461 e. The van der Waals surface area contributed by atoms with Gasteiger partial charge in [0.1, 0.15) is 6.10 Å². The molecule has 6 heteroatoms. The maximum Gasteiger partial charge on any atom is 0.311 e. The number of fused-ring (bicyclic) bond motifs is 3. The molecular weight excluding hydrogens is 416 g/mol. The summed E-state index contributed by atoms with van der Waals surface area (Å²) in [6, 6.07) is 6.23. The number of nitrogens with zero attached hydrogens (tertiary/aromatic N) is 2. The first-order chi connectivity index (χ1) is 16.0. The number of benzene rings is 1. The van der Waals surface area contributed by atoms with Gasteiger partial charge in [0.15, 0.2) is 11.5 Å². The van der Waals surface area contributed by atoms with E-state index < -0.39 is 0 Å². The maximum absolute atomic E-state index is 12.9. The Morgan fingerprint density at radius 2 is 1.88 bits per heavy atom. The van der Waals surface area contributed by atoms with Crippen LogP contribution in [0.2, 0.25) is 0 Å². The molecule has 1 unspecified atom stereocenters. The average molecular weight is 453 g/mol. The van der Waals surface area contributed by atoms with E-state index in [2.05, 4.69) is 41.9 Å². The van der Waals surface area contributed by atoms with Crippen LogP contribution in [0.5, 0.6) is 11.5 Å². The van der Waals surface area contributed by atoms with Crippen LogP contribution >= 0.6 is 0 Å². The van der Waals surface area contributed by atoms with E-state index in [-0.39, 0.29) is 29.3 Å². The molecule has 2 saturated heterocycles. The highest BCUT2D eigenvalue weighted by atomic mass is 16.7. The zero-order valence-electron chi connectivity index (χ0n) is 19.9. The van der Waals surface area contributed by atoms with Crippen molar-refractivity contribution in [3.8, 4) is 11.5 Å². The Balaban J connectivity index is 1.07. The standard InChI is InChI=1S/C27H36N2O4/c1-18-4-3-7-27(2)14-25-20(13-22(18)27)21(26(30)33-25)16-29-10-8-28(9-11-29)15-19-5-6-23-24(12-19)32-17-31-23/h5-6,12-13,18,20-21,25H,3-4,7-11,14-17H2,1-2H3/t18-,20+,21?,25+,27+/m0/s1. The summed E-state index contributed by atoms with van der Waals surface area (Å²) in [7, 11) is 0. The van der Waals surface area contributed by atoms with E-state index in [4.69, 9.17) is 14.2 Å². The van der Waals surface area contributed by atoms with Crippen molar-refractivity contribution in [3.63, 3.8) is 0 Å². The molecule has 6 nitrogen and oxygen atoms in total. The highest BCUT2D eigenvalue weighted by Crippen LogP contribution is 2.54. The smallest absolute Gasteiger partial charge is 0.311 e. The summed E-state index contributed by atoms with van der Waals surface area (Å²) < 4.78 is 16.9. The van der Waals surface area contributed by atoms with Crippen molar-refractivity contribution in [3.05, 3.63) is 35.4 Å². The highest BCUT2D eigenvalue weighted by Gasteiger charge is 2.52. The number of ether oxygens (including phenoxy) is 3. The second-order valence-electron chi connectivity index (χ2n) is 11.1. The third-order valence-electron chi connectivity index (χ3n) is 8.84. The lowest BCUT2D eigenvalue weighted by atomic mass is 9.59. The zero-order valence-corrected chi connectivity index (χ0v) is 19.9. The number of piperazine rings is 1. The maximum atomic E-state index is 12.9. The molecule has 3 fully saturated rings. The van der Waals surface area contributed by atoms with E-state index in [1.54, 1.807) is 5.57 Å². The van der Waals surface area contributed by atoms with Crippen molar-refractivity contribution in [2.24, 2.45) is 23.2 Å². The van der Waals surface area contributed by atoms with Gasteiger partial charge in [-0.2, -0.15) is 0 Å². The number of carbonyl (C=O) groups excluding carboxylic acids is 1. The van der Waals surface area contributed by atoms with Crippen molar-refractivity contribution in [2.45, 2.75) is 52.2 Å². The lowest BCUT2D eigenvalue weighted by Gasteiger charge is -2.46. The minimum atomic E-state index is -0.0124. The van der Waals surface area contributed by atoms with E-state index in [1.165, 1.54) is 24.8 Å². The van der Waals surface area contributed by atoms with Crippen LogP contribution in [0.1, 0.15) is 45.1 Å². The first-order valence-corrected chi connectivity index (χ1v) is 12.7. The van der Waals surface area contributed by atoms with Crippen LogP contribution in [0.3, 0.4) is 0 Å². The molecule has 0 radical (unpaired) electrons. The van der Waals surface area contributed by atoms with E-state index in [1.807, 2.05) is 6.07 Å². The van der Waals surface area contributed by atoms with Gasteiger partial charge in [-0.05, 0) is 48.3 Å². The second-order valence-corrected chi connectivity index (χ2v) is 11.1. The topological polar surface area (TPSA) is 51.2 Å². The van der Waals surface area contributed by atoms with Crippen molar-refractivity contribution in [1.82, 2.24) is 9.80 Å². The molecule has 0 N–H and O–H groups in total. The first kappa shape index (κ1) is 21.5. The number of hydrogen-bond acceptors (Lipinski definition) is 6. The van der Waals surface area contributed by atoms with Gasteiger partial charge in [-0.15, -0.1) is 0 Å². The fourth-order valence-corrected chi connectivity index (χ4v) is 6.96. The van der Waals surface area contributed by atoms with E-state index in [0.29, 0.717) is 12.7 Å². The molecule has 1 aromatic carbocycles. The molecule has 1 saturated carbocycles. The Morgan fingerprint density at radius 3 is 2.73 bits per heavy atom. The van der Waals surface area contributed by atoms with Crippen LogP contribution in [0.4, 0.5) is 0 Å². The van der Waals surface area contributed by atoms with Gasteiger partial charge in [-0.3, -0.25) is 14.6 Å². The fourth-order valence-electron chi connectivity index (χ4n) is 6.96. The number of carbonyl (C=O) groups is 1. The predicted molar refractivity (Wildman–Crippen MR) is 125 cm³/mol. The molecule has 0 bridgehead atoms. The quantitative estimate of drug-likeness (QED) is 0.511. The second kappa shape index (κ2) is 8.31. The summed E-state index contributed by atoms with van der Waals surface area (Å²) in [4.78, 5) is 17.9. The van der Waals surface area contributed by atoms with Crippen molar-refractivity contribution in [2.75, 3.05) is 39.5 Å². The van der Waals surface area contributed by atoms with Crippen LogP contribution in [0.15, 0.2) is 29.8 Å². The molecule has 0 amide bonds. The monoisotopic (exact) mass is 452 g/mol. The predicted octanol–water partition coefficient (Wildman–Crippen LogP) is 3.85. The zero-order chi connectivity index (χ0) is 22.6. The molecule has 33 heavy (non-hydrogen) atoms. The Bertz CT molecular complexity index is 953. The number of allylic oxidation sites excluding steroid dienone is 1. The number of hydrogen-bond donors (Lipinski definition) is 0. The summed E-state index contributed by atoms with van der Waals surface area (Å²) in [5.41, 5.74) is 3.09. The molecular formula is C27H36N2O4. The Morgan fingerprint density at radius 1 is 1.09 bits per heavy atom. The van der Waals surface area contributed by atoms with Crippen LogP contribution in [-0.2, 0) is 16.1 Å². The van der Waals surface area contributed by atoms with E-state index in [0.717, 1.165) is 57.2 Å². The van der Waals surface area contributed by atoms with Crippen molar-refractivity contribution < 1.29 is 19.0 Å². The minimum absolute atomic E-state index is 0.0124. The van der Waals surface area contributed by atoms with Gasteiger partial charge in [0.2, 0.25) is 6.79 Å². The highest BCUT2D eigenvalue weighted by molar-refractivity contribution is 5.76. The normalized spacial score (nSPS) is 36.2. The molecule has 0 aromatic heterocycles. The molecule has 5 atom stereocenters. The summed E-state index contributed by atoms with van der Waals surface area (Å²) in [5, 5.41) is 0. The summed E-state index contributed by atoms with van der Waals surface area (Å²) >= 11 is 0. The van der Waals surface area contributed by atoms with Gasteiger partial charge in [0.25, 0.3) is 0 Å². The van der Waals surface area contributed by atoms with Crippen LogP contribution < -0.4 is 9.47 Å². The fraction of sp³-hybridized carbons (Fsp3) is 0.667. The third-order valence-corrected chi connectivity index (χ3v) is 8.84. The number of rotatable bonds is 4. The van der Waals surface area contributed by atoms with Crippen molar-refractivity contribution in [1.29, 1.82) is 0 Å². The van der Waals surface area contributed by atoms with Gasteiger partial charge in [-0.1, -0.05) is 38.0 Å². The molecule has 3 aliphatic heterocycles. The van der Waals surface area contributed by atoms with Crippen LogP contribution in [0.25, 0.3) is 0 Å². The van der Waals surface area contributed by atoms with Gasteiger partial charge < -0.3 is 14.2 Å². The van der Waals surface area contributed by atoms with Gasteiger partial charge in [-0.25, -0.2) is 0 Å². The lowest BCUT2D eigenvalue weighted by Crippen LogP contribution is -2.48. The van der Waals surface area contributed by atoms with Gasteiger partial charge >= 0.3 is 5.97 Å². The largest absolute Gasteiger partial charge is 0.461 e. The van der Waals surface area contributed by atoms with Crippen LogP contribution in [0, 0.1) is 23.2 Å². The van der Waals surface area contributed by atoms with Gasteiger partial charge in [0, 0.05) is 45.2 Å². The Kier molecular flexibility index (Phi) is 5.41. The Labute approximate surface area is 196 Å². The molecule has 0 spiro atoms. The SMILES string of the molecule is C[C@H]1CCC[C@]2(C)C[C@H]3OC(=O)C(CN4CCN(Cc5ccc6c(c5)OCO6)CC4)[C@H]3C=C12. The lowest BCUT2D eigenvalue weighted by molar-refractivity contribution is -0.145. The molecule has 2 aliphatic carbocycles. The molecule has 3 heterocycles. The molecule has 1 aromatic rings. The summed E-state index contributed by atoms with van der Waals surface area (Å²) in [6.45, 7) is 10.8. The first-order valence-electron chi connectivity index (χ1n) is 12.7. The van der Waals surface area contributed by atoms with Gasteiger partial charge in [0.05, 0.1) is 5.92 Å². The van der Waals surface area contributed by atoms with E-state index >= 15 is 0 Å². The third kappa shape index (κ3) is 3.95. The summed E-state index contributed by atoms with van der Waals surface area (Å²) in [6.07, 6.45) is 7.38. The van der Waals surface area contributed by atoms with E-state index in [9.17, 15) is 4.79 Å². The molecule has 178 valence electrons. The van der Waals surface area contributed by atoms with Crippen LogP contribution in [-0.4, -0.2) is 61.4 Å². The molecule has 6 rings (SSSR count). The molecule has 5 aliphatic rings. The number of esters is 1. The Hall–Kier alpha value is -2.05. The summed E-state index contributed by atoms with van der Waals surface area (Å²) in [5.74, 6) is 2.60.